The third kappa shape index (κ3) is 1.98. The number of nitrogens with one attached hydrogen (secondary N) is 1. The summed E-state index contributed by atoms with van der Waals surface area (Å²) in [5, 5.41) is 0. The molecule has 0 atom stereocenters. The van der Waals surface area contributed by atoms with Crippen LogP contribution in [0.3, 0.4) is 0 Å². The highest BCUT2D eigenvalue weighted by molar-refractivity contribution is 5.90. The molecule has 5 heteroatoms. The molecular weight excluding hydrogens is 223 g/mol. The van der Waals surface area contributed by atoms with E-state index >= 15 is 0 Å². The van der Waals surface area contributed by atoms with Gasteiger partial charge >= 0.3 is 0 Å². The maximum atomic E-state index is 13.7. The molecule has 17 heavy (non-hydrogen) atoms. The van der Waals surface area contributed by atoms with Crippen LogP contribution in [0.2, 0.25) is 0 Å². The summed E-state index contributed by atoms with van der Waals surface area (Å²) < 4.78 is 18.8. The molecule has 2 rings (SSSR count). The van der Waals surface area contributed by atoms with Crippen molar-refractivity contribution in [2.75, 3.05) is 6.61 Å². The predicted molar refractivity (Wildman–Crippen MR) is 60.8 cm³/mol. The summed E-state index contributed by atoms with van der Waals surface area (Å²) in [4.78, 5) is 11.6. The summed E-state index contributed by atoms with van der Waals surface area (Å²) in [6, 6.07) is 4.63. The molecule has 1 aromatic carbocycles. The van der Waals surface area contributed by atoms with Crippen molar-refractivity contribution in [3.63, 3.8) is 0 Å². The molecular formula is C12H15FN2O2. The van der Waals surface area contributed by atoms with Crippen LogP contribution in [-0.2, 0) is 10.2 Å². The molecule has 4 nitrogen and oxygen atoms in total. The van der Waals surface area contributed by atoms with E-state index in [4.69, 9.17) is 10.6 Å². The minimum Gasteiger partial charge on any atom is -0.491 e. The van der Waals surface area contributed by atoms with Gasteiger partial charge in [-0.2, -0.15) is 0 Å². The summed E-state index contributed by atoms with van der Waals surface area (Å²) in [5.41, 5.74) is 2.15. The Kier molecular flexibility index (Phi) is 3.02. The number of amides is 1. The lowest BCUT2D eigenvalue weighted by molar-refractivity contribution is -0.123. The molecule has 0 aliphatic heterocycles. The van der Waals surface area contributed by atoms with Crippen LogP contribution in [0.1, 0.15) is 25.3 Å². The highest BCUT2D eigenvalue weighted by Crippen LogP contribution is 2.48. The van der Waals surface area contributed by atoms with Crippen LogP contribution in [0.4, 0.5) is 4.39 Å². The molecule has 0 spiro atoms. The van der Waals surface area contributed by atoms with Gasteiger partial charge in [-0.25, -0.2) is 10.2 Å². The van der Waals surface area contributed by atoms with Crippen LogP contribution >= 0.6 is 0 Å². The Labute approximate surface area is 98.9 Å². The van der Waals surface area contributed by atoms with Gasteiger partial charge in [0.2, 0.25) is 5.91 Å². The Morgan fingerprint density at radius 3 is 2.76 bits per heavy atom. The standard InChI is InChI=1S/C12H15FN2O2/c1-2-17-10-4-3-8(7-9(10)13)12(5-6-12)11(16)15-14/h3-4,7H,2,5-6,14H2,1H3,(H,15,16). The maximum absolute atomic E-state index is 13.7. The van der Waals surface area contributed by atoms with E-state index in [1.54, 1.807) is 19.1 Å². The molecule has 0 bridgehead atoms. The normalized spacial score (nSPS) is 16.4. The quantitative estimate of drug-likeness (QED) is 0.471. The van der Waals surface area contributed by atoms with Gasteiger partial charge < -0.3 is 4.74 Å². The average molecular weight is 238 g/mol. The fraction of sp³-hybridized carbons (Fsp3) is 0.417. The van der Waals surface area contributed by atoms with E-state index in [-0.39, 0.29) is 11.7 Å². The lowest BCUT2D eigenvalue weighted by atomic mass is 9.95. The monoisotopic (exact) mass is 238 g/mol. The zero-order chi connectivity index (χ0) is 12.5. The first kappa shape index (κ1) is 11.9. The summed E-state index contributed by atoms with van der Waals surface area (Å²) in [5.74, 6) is 4.63. The fourth-order valence-corrected chi connectivity index (χ4v) is 1.98. The highest BCUT2D eigenvalue weighted by Gasteiger charge is 2.51. The van der Waals surface area contributed by atoms with Crippen LogP contribution in [0.15, 0.2) is 18.2 Å². The van der Waals surface area contributed by atoms with E-state index in [1.807, 2.05) is 0 Å². The minimum atomic E-state index is -0.639. The van der Waals surface area contributed by atoms with Gasteiger partial charge in [0.25, 0.3) is 0 Å². The number of hydrogen-bond donors (Lipinski definition) is 2. The lowest BCUT2D eigenvalue weighted by Crippen LogP contribution is -2.39. The van der Waals surface area contributed by atoms with Crippen LogP contribution in [-0.4, -0.2) is 12.5 Å². The number of carbonyl (C=O) groups excluding carboxylic acids is 1. The van der Waals surface area contributed by atoms with E-state index in [2.05, 4.69) is 5.43 Å². The second kappa shape index (κ2) is 4.33. The van der Waals surface area contributed by atoms with Crippen molar-refractivity contribution in [1.82, 2.24) is 5.43 Å². The van der Waals surface area contributed by atoms with E-state index in [0.29, 0.717) is 25.0 Å². The van der Waals surface area contributed by atoms with E-state index in [0.717, 1.165) is 0 Å². The first-order valence-corrected chi connectivity index (χ1v) is 5.58. The molecule has 92 valence electrons. The number of hydrazine groups is 1. The predicted octanol–water partition coefficient (Wildman–Crippen LogP) is 1.25. The van der Waals surface area contributed by atoms with Gasteiger partial charge in [-0.1, -0.05) is 6.07 Å². The second-order valence-corrected chi connectivity index (χ2v) is 4.13. The molecule has 1 aliphatic carbocycles. The van der Waals surface area contributed by atoms with E-state index < -0.39 is 11.2 Å². The molecule has 3 N–H and O–H groups in total. The third-order valence-electron chi connectivity index (χ3n) is 3.10. The molecule has 1 aromatic rings. The molecule has 0 heterocycles. The zero-order valence-corrected chi connectivity index (χ0v) is 9.63. The smallest absolute Gasteiger partial charge is 0.244 e. The molecule has 0 radical (unpaired) electrons. The average Bonchev–Trinajstić information content (AvgIpc) is 3.12. The minimum absolute atomic E-state index is 0.209. The number of carbonyl (C=O) groups is 1. The second-order valence-electron chi connectivity index (χ2n) is 4.13. The summed E-state index contributed by atoms with van der Waals surface area (Å²) in [6.07, 6.45) is 1.40. The van der Waals surface area contributed by atoms with Crippen LogP contribution in [0, 0.1) is 5.82 Å². The van der Waals surface area contributed by atoms with Crippen molar-refractivity contribution in [2.24, 2.45) is 5.84 Å². The first-order chi connectivity index (χ1) is 8.14. The van der Waals surface area contributed by atoms with Gasteiger partial charge in [0, 0.05) is 0 Å². The third-order valence-corrected chi connectivity index (χ3v) is 3.10. The molecule has 1 aliphatic rings. The van der Waals surface area contributed by atoms with Gasteiger partial charge in [-0.15, -0.1) is 0 Å². The lowest BCUT2D eigenvalue weighted by Gasteiger charge is -2.14. The molecule has 1 saturated carbocycles. The van der Waals surface area contributed by atoms with Crippen molar-refractivity contribution in [1.29, 1.82) is 0 Å². The summed E-state index contributed by atoms with van der Waals surface area (Å²) in [6.45, 7) is 2.20. The van der Waals surface area contributed by atoms with Crippen LogP contribution < -0.4 is 16.0 Å². The van der Waals surface area contributed by atoms with Gasteiger partial charge in [-0.3, -0.25) is 10.2 Å². The SMILES string of the molecule is CCOc1ccc(C2(C(=O)NN)CC2)cc1F. The Balaban J connectivity index is 2.29. The van der Waals surface area contributed by atoms with Crippen molar-refractivity contribution in [2.45, 2.75) is 25.2 Å². The van der Waals surface area contributed by atoms with Crippen LogP contribution in [0.5, 0.6) is 5.75 Å². The largest absolute Gasteiger partial charge is 0.491 e. The molecule has 0 unspecified atom stereocenters. The number of benzene rings is 1. The Bertz CT molecular complexity index is 444. The highest BCUT2D eigenvalue weighted by atomic mass is 19.1. The first-order valence-electron chi connectivity index (χ1n) is 5.58. The number of nitrogens with two attached hydrogens (primary N) is 1. The zero-order valence-electron chi connectivity index (χ0n) is 9.63. The topological polar surface area (TPSA) is 64.3 Å². The fourth-order valence-electron chi connectivity index (χ4n) is 1.98. The van der Waals surface area contributed by atoms with Crippen LogP contribution in [0.25, 0.3) is 0 Å². The molecule has 0 saturated heterocycles. The van der Waals surface area contributed by atoms with E-state index in [9.17, 15) is 9.18 Å². The number of rotatable bonds is 4. The van der Waals surface area contributed by atoms with Crippen molar-refractivity contribution < 1.29 is 13.9 Å². The Morgan fingerprint density at radius 2 is 2.29 bits per heavy atom. The number of halogens is 1. The van der Waals surface area contributed by atoms with Crippen molar-refractivity contribution in [3.05, 3.63) is 29.6 Å². The van der Waals surface area contributed by atoms with Crippen molar-refractivity contribution >= 4 is 5.91 Å². The Morgan fingerprint density at radius 1 is 1.59 bits per heavy atom. The summed E-state index contributed by atoms with van der Waals surface area (Å²) >= 11 is 0. The van der Waals surface area contributed by atoms with E-state index in [1.165, 1.54) is 6.07 Å². The van der Waals surface area contributed by atoms with Crippen molar-refractivity contribution in [3.8, 4) is 5.75 Å². The van der Waals surface area contributed by atoms with Gasteiger partial charge in [0.15, 0.2) is 11.6 Å². The maximum Gasteiger partial charge on any atom is 0.244 e. The molecule has 1 fully saturated rings. The van der Waals surface area contributed by atoms with Gasteiger partial charge in [0.05, 0.1) is 12.0 Å². The number of ether oxygens (including phenoxy) is 1. The molecule has 1 amide bonds. The Hall–Kier alpha value is -1.62. The molecule has 0 aromatic heterocycles. The number of hydrogen-bond acceptors (Lipinski definition) is 3. The van der Waals surface area contributed by atoms with Gasteiger partial charge in [0.1, 0.15) is 0 Å². The summed E-state index contributed by atoms with van der Waals surface area (Å²) in [7, 11) is 0. The van der Waals surface area contributed by atoms with Gasteiger partial charge in [-0.05, 0) is 37.5 Å².